The van der Waals surface area contributed by atoms with E-state index in [4.69, 9.17) is 16.3 Å². The first-order chi connectivity index (χ1) is 13.9. The van der Waals surface area contributed by atoms with Crippen molar-refractivity contribution >= 4 is 44.9 Å². The number of ether oxygens (including phenoxy) is 1. The summed E-state index contributed by atoms with van der Waals surface area (Å²) in [5.41, 5.74) is -1.07. The number of sulfonamides is 1. The maximum Gasteiger partial charge on any atom is 0.338 e. The van der Waals surface area contributed by atoms with Crippen LogP contribution in [0, 0.1) is 15.9 Å². The van der Waals surface area contributed by atoms with Crippen LogP contribution in [0.25, 0.3) is 0 Å². The van der Waals surface area contributed by atoms with E-state index in [1.165, 1.54) is 26.2 Å². The lowest BCUT2D eigenvalue weighted by atomic mass is 10.2. The van der Waals surface area contributed by atoms with Crippen LogP contribution < -0.4 is 5.32 Å². The molecule has 0 atom stereocenters. The van der Waals surface area contributed by atoms with Gasteiger partial charge in [0, 0.05) is 25.8 Å². The zero-order valence-corrected chi connectivity index (χ0v) is 17.2. The van der Waals surface area contributed by atoms with Gasteiger partial charge in [0.25, 0.3) is 5.91 Å². The Morgan fingerprint density at radius 3 is 2.50 bits per heavy atom. The van der Waals surface area contributed by atoms with Crippen LogP contribution in [0.4, 0.5) is 15.8 Å². The van der Waals surface area contributed by atoms with Crippen molar-refractivity contribution in [3.63, 3.8) is 0 Å². The number of anilines is 1. The lowest BCUT2D eigenvalue weighted by molar-refractivity contribution is -0.387. The third kappa shape index (κ3) is 5.28. The molecule has 30 heavy (non-hydrogen) atoms. The molecule has 0 saturated carbocycles. The summed E-state index contributed by atoms with van der Waals surface area (Å²) in [6.45, 7) is -0.775. The van der Waals surface area contributed by atoms with Crippen molar-refractivity contribution in [2.75, 3.05) is 26.0 Å². The number of nitro groups is 1. The summed E-state index contributed by atoms with van der Waals surface area (Å²) in [6.07, 6.45) is 0. The lowest BCUT2D eigenvalue weighted by Crippen LogP contribution is -2.23. The quantitative estimate of drug-likeness (QED) is 0.381. The molecule has 10 nitrogen and oxygen atoms in total. The van der Waals surface area contributed by atoms with E-state index in [0.717, 1.165) is 28.6 Å². The Morgan fingerprint density at radius 2 is 1.90 bits per heavy atom. The van der Waals surface area contributed by atoms with Gasteiger partial charge < -0.3 is 10.1 Å². The summed E-state index contributed by atoms with van der Waals surface area (Å²) < 4.78 is 43.5. The number of nitrogens with zero attached hydrogens (tertiary/aromatic N) is 2. The number of hydrogen-bond donors (Lipinski definition) is 1. The summed E-state index contributed by atoms with van der Waals surface area (Å²) in [4.78, 5) is 33.5. The molecule has 0 aromatic heterocycles. The normalized spacial score (nSPS) is 11.2. The highest BCUT2D eigenvalue weighted by Gasteiger charge is 2.23. The minimum absolute atomic E-state index is 0.0741. The number of carbonyl (C=O) groups is 2. The van der Waals surface area contributed by atoms with Crippen LogP contribution in [0.15, 0.2) is 41.3 Å². The van der Waals surface area contributed by atoms with Crippen LogP contribution in [0.2, 0.25) is 5.02 Å². The molecule has 0 fully saturated rings. The van der Waals surface area contributed by atoms with E-state index >= 15 is 0 Å². The molecule has 0 saturated heterocycles. The fourth-order valence-corrected chi connectivity index (χ4v) is 3.56. The van der Waals surface area contributed by atoms with E-state index in [1.807, 2.05) is 0 Å². The average Bonchev–Trinajstić information content (AvgIpc) is 2.67. The minimum atomic E-state index is -3.92. The molecule has 0 aliphatic heterocycles. The Bertz CT molecular complexity index is 1120. The Kier molecular flexibility index (Phi) is 7.08. The fraction of sp³-hybridized carbons (Fsp3) is 0.176. The molecule has 0 heterocycles. The fourth-order valence-electron chi connectivity index (χ4n) is 2.17. The molecule has 0 aliphatic carbocycles. The summed E-state index contributed by atoms with van der Waals surface area (Å²) in [5, 5.41) is 12.8. The van der Waals surface area contributed by atoms with Gasteiger partial charge in [-0.25, -0.2) is 17.5 Å². The second kappa shape index (κ2) is 9.15. The second-order valence-electron chi connectivity index (χ2n) is 5.98. The minimum Gasteiger partial charge on any atom is -0.452 e. The lowest BCUT2D eigenvalue weighted by Gasteiger charge is -2.13. The van der Waals surface area contributed by atoms with Gasteiger partial charge in [0.15, 0.2) is 6.61 Å². The topological polar surface area (TPSA) is 136 Å². The molecule has 0 bridgehead atoms. The second-order valence-corrected chi connectivity index (χ2v) is 8.51. The van der Waals surface area contributed by atoms with Crippen LogP contribution in [-0.2, 0) is 19.6 Å². The van der Waals surface area contributed by atoms with E-state index < -0.39 is 44.9 Å². The highest BCUT2D eigenvalue weighted by atomic mass is 35.5. The van der Waals surface area contributed by atoms with Crippen molar-refractivity contribution in [2.24, 2.45) is 0 Å². The van der Waals surface area contributed by atoms with E-state index in [1.54, 1.807) is 0 Å². The van der Waals surface area contributed by atoms with Crippen molar-refractivity contribution < 1.29 is 32.1 Å². The maximum atomic E-state index is 13.3. The molecule has 1 amide bonds. The number of nitrogens with one attached hydrogen (secondary N) is 1. The molecule has 1 N–H and O–H groups in total. The summed E-state index contributed by atoms with van der Waals surface area (Å²) in [6, 6.07) is 6.15. The molecule has 0 aliphatic rings. The van der Waals surface area contributed by atoms with Gasteiger partial charge in [0.05, 0.1) is 15.5 Å². The Balaban J connectivity index is 2.08. The van der Waals surface area contributed by atoms with E-state index in [0.29, 0.717) is 0 Å². The van der Waals surface area contributed by atoms with Crippen molar-refractivity contribution in [3.05, 3.63) is 62.9 Å². The third-order valence-electron chi connectivity index (χ3n) is 3.69. The van der Waals surface area contributed by atoms with Crippen molar-refractivity contribution in [2.45, 2.75) is 4.90 Å². The molecular weight excluding hydrogens is 445 g/mol. The molecule has 0 unspecified atom stereocenters. The molecule has 0 radical (unpaired) electrons. The highest BCUT2D eigenvalue weighted by molar-refractivity contribution is 7.89. The van der Waals surface area contributed by atoms with Gasteiger partial charge in [-0.3, -0.25) is 14.9 Å². The van der Waals surface area contributed by atoms with Crippen LogP contribution in [0.1, 0.15) is 10.4 Å². The van der Waals surface area contributed by atoms with Gasteiger partial charge in [-0.2, -0.15) is 4.39 Å². The van der Waals surface area contributed by atoms with Crippen molar-refractivity contribution in [1.29, 1.82) is 0 Å². The van der Waals surface area contributed by atoms with Crippen LogP contribution in [0.5, 0.6) is 0 Å². The summed E-state index contributed by atoms with van der Waals surface area (Å²) in [7, 11) is -1.34. The maximum absolute atomic E-state index is 13.3. The predicted molar refractivity (Wildman–Crippen MR) is 104 cm³/mol. The monoisotopic (exact) mass is 459 g/mol. The number of amides is 1. The number of benzene rings is 2. The van der Waals surface area contributed by atoms with Gasteiger partial charge in [-0.15, -0.1) is 0 Å². The summed E-state index contributed by atoms with van der Waals surface area (Å²) >= 11 is 5.90. The van der Waals surface area contributed by atoms with Gasteiger partial charge >= 0.3 is 11.7 Å². The van der Waals surface area contributed by atoms with Crippen LogP contribution in [0.3, 0.4) is 0 Å². The molecule has 0 spiro atoms. The summed E-state index contributed by atoms with van der Waals surface area (Å²) in [5.74, 6) is -2.92. The molecule has 2 aromatic rings. The Labute approximate surface area is 175 Å². The number of nitro benzene ring substituents is 1. The van der Waals surface area contributed by atoms with Gasteiger partial charge in [0.1, 0.15) is 4.90 Å². The first kappa shape index (κ1) is 23.2. The number of carbonyl (C=O) groups excluding carboxylic acids is 2. The Hall–Kier alpha value is -3.09. The zero-order valence-electron chi connectivity index (χ0n) is 15.6. The zero-order chi connectivity index (χ0) is 22.6. The number of rotatable bonds is 7. The van der Waals surface area contributed by atoms with E-state index in [2.05, 4.69) is 5.32 Å². The largest absolute Gasteiger partial charge is 0.452 e. The first-order valence-corrected chi connectivity index (χ1v) is 9.88. The molecule has 13 heteroatoms. The molecule has 160 valence electrons. The van der Waals surface area contributed by atoms with Crippen molar-refractivity contribution in [1.82, 2.24) is 4.31 Å². The predicted octanol–water partition coefficient (Wildman–Crippen LogP) is 2.43. The average molecular weight is 460 g/mol. The van der Waals surface area contributed by atoms with Crippen LogP contribution >= 0.6 is 11.6 Å². The van der Waals surface area contributed by atoms with Gasteiger partial charge in [-0.1, -0.05) is 11.6 Å². The van der Waals surface area contributed by atoms with Crippen LogP contribution in [-0.4, -0.2) is 50.2 Å². The standard InChI is InChI=1S/C17H15ClFN3O7S/c1-21(2)30(27,28)15-7-10(3-5-12(15)18)17(24)29-9-16(23)20-11-4-6-13(19)14(8-11)22(25)26/h3-8H,9H2,1-2H3,(H,20,23). The van der Waals surface area contributed by atoms with Gasteiger partial charge in [0.2, 0.25) is 15.8 Å². The SMILES string of the molecule is CN(C)S(=O)(=O)c1cc(C(=O)OCC(=O)Nc2ccc(F)c([N+](=O)[O-])c2)ccc1Cl. The molecular formula is C17H15ClFN3O7S. The number of hydrogen-bond acceptors (Lipinski definition) is 7. The van der Waals surface area contributed by atoms with Gasteiger partial charge in [-0.05, 0) is 30.3 Å². The smallest absolute Gasteiger partial charge is 0.338 e. The van der Waals surface area contributed by atoms with E-state index in [-0.39, 0.29) is 21.2 Å². The van der Waals surface area contributed by atoms with Crippen molar-refractivity contribution in [3.8, 4) is 0 Å². The number of halogens is 2. The van der Waals surface area contributed by atoms with E-state index in [9.17, 15) is 32.5 Å². The third-order valence-corrected chi connectivity index (χ3v) is 5.98. The molecule has 2 aromatic carbocycles. The Morgan fingerprint density at radius 1 is 1.23 bits per heavy atom. The molecule has 2 rings (SSSR count). The first-order valence-electron chi connectivity index (χ1n) is 8.06. The highest BCUT2D eigenvalue weighted by Crippen LogP contribution is 2.25. The number of esters is 1.